The highest BCUT2D eigenvalue weighted by molar-refractivity contribution is 7.99. The predicted octanol–water partition coefficient (Wildman–Crippen LogP) is 3.18. The predicted molar refractivity (Wildman–Crippen MR) is 96.6 cm³/mol. The molecule has 1 heterocycles. The smallest absolute Gasteiger partial charge is 0.277 e. The van der Waals surface area contributed by atoms with Crippen LogP contribution in [0.3, 0.4) is 0 Å². The van der Waals surface area contributed by atoms with Gasteiger partial charge in [-0.3, -0.25) is 4.79 Å². The van der Waals surface area contributed by atoms with E-state index < -0.39 is 5.54 Å². The van der Waals surface area contributed by atoms with Gasteiger partial charge in [0.1, 0.15) is 11.3 Å². The van der Waals surface area contributed by atoms with Crippen LogP contribution >= 0.6 is 11.8 Å². The molecule has 1 aliphatic carbocycles. The Morgan fingerprint density at radius 1 is 1.38 bits per heavy atom. The standard InChI is InChI=1S/C18H20N4O3S/c1-2-24-14-8-4-3-7-13(14)16-21-22-17(25-16)26-11-15(23)20-18(12-19)9-5-6-10-18/h3-4,7-8H,2,5-6,9-11H2,1H3,(H,20,23). The number of thioether (sulfide) groups is 1. The Hall–Kier alpha value is -2.53. The molecular weight excluding hydrogens is 352 g/mol. The third-order valence-electron chi connectivity index (χ3n) is 4.20. The Morgan fingerprint density at radius 3 is 2.88 bits per heavy atom. The Labute approximate surface area is 156 Å². The maximum atomic E-state index is 12.2. The fraction of sp³-hybridized carbons (Fsp3) is 0.444. The van der Waals surface area contributed by atoms with Crippen LogP contribution in [0, 0.1) is 11.3 Å². The van der Waals surface area contributed by atoms with Crippen LogP contribution in [0.15, 0.2) is 33.9 Å². The highest BCUT2D eigenvalue weighted by Gasteiger charge is 2.35. The second-order valence-corrected chi connectivity index (χ2v) is 6.97. The molecule has 7 nitrogen and oxygen atoms in total. The molecule has 1 aromatic heterocycles. The molecule has 0 radical (unpaired) electrons. The van der Waals surface area contributed by atoms with Crippen LogP contribution in [0.2, 0.25) is 0 Å². The van der Waals surface area contributed by atoms with Crippen LogP contribution in [0.4, 0.5) is 0 Å². The van der Waals surface area contributed by atoms with Crippen molar-refractivity contribution in [3.8, 4) is 23.3 Å². The summed E-state index contributed by atoms with van der Waals surface area (Å²) in [5.74, 6) is 0.942. The van der Waals surface area contributed by atoms with Crippen LogP contribution in [0.5, 0.6) is 5.75 Å². The number of rotatable bonds is 7. The second kappa shape index (κ2) is 8.23. The van der Waals surface area contributed by atoms with Crippen molar-refractivity contribution in [3.05, 3.63) is 24.3 Å². The molecule has 0 unspecified atom stereocenters. The van der Waals surface area contributed by atoms with Crippen molar-refractivity contribution in [1.82, 2.24) is 15.5 Å². The second-order valence-electron chi connectivity index (χ2n) is 6.04. The van der Waals surface area contributed by atoms with E-state index in [1.54, 1.807) is 0 Å². The molecule has 1 saturated carbocycles. The van der Waals surface area contributed by atoms with Gasteiger partial charge in [-0.05, 0) is 44.7 Å². The first kappa shape index (κ1) is 18.3. The van der Waals surface area contributed by atoms with Crippen molar-refractivity contribution >= 4 is 17.7 Å². The number of hydrogen-bond donors (Lipinski definition) is 1. The summed E-state index contributed by atoms with van der Waals surface area (Å²) in [5, 5.41) is 20.5. The summed E-state index contributed by atoms with van der Waals surface area (Å²) in [6.07, 6.45) is 3.35. The summed E-state index contributed by atoms with van der Waals surface area (Å²) < 4.78 is 11.2. The molecule has 0 spiro atoms. The minimum atomic E-state index is -0.714. The van der Waals surface area contributed by atoms with Gasteiger partial charge in [0.2, 0.25) is 5.91 Å². The van der Waals surface area contributed by atoms with E-state index in [4.69, 9.17) is 9.15 Å². The Kier molecular flexibility index (Phi) is 5.78. The lowest BCUT2D eigenvalue weighted by atomic mass is 10.0. The van der Waals surface area contributed by atoms with E-state index in [1.807, 2.05) is 31.2 Å². The van der Waals surface area contributed by atoms with Crippen LogP contribution < -0.4 is 10.1 Å². The molecule has 1 aliphatic rings. The summed E-state index contributed by atoms with van der Waals surface area (Å²) >= 11 is 1.15. The van der Waals surface area contributed by atoms with E-state index >= 15 is 0 Å². The topological polar surface area (TPSA) is 101 Å². The maximum absolute atomic E-state index is 12.2. The number of hydrogen-bond acceptors (Lipinski definition) is 7. The molecule has 136 valence electrons. The molecular formula is C18H20N4O3S. The summed E-state index contributed by atoms with van der Waals surface area (Å²) in [7, 11) is 0. The number of amides is 1. The molecule has 26 heavy (non-hydrogen) atoms. The van der Waals surface area contributed by atoms with Gasteiger partial charge in [0.15, 0.2) is 0 Å². The average Bonchev–Trinajstić information content (AvgIpc) is 3.31. The van der Waals surface area contributed by atoms with Gasteiger partial charge in [-0.25, -0.2) is 0 Å². The molecule has 3 rings (SSSR count). The molecule has 8 heteroatoms. The zero-order chi connectivity index (χ0) is 18.4. The number of nitrogens with zero attached hydrogens (tertiary/aromatic N) is 3. The van der Waals surface area contributed by atoms with Crippen molar-refractivity contribution in [2.45, 2.75) is 43.4 Å². The van der Waals surface area contributed by atoms with E-state index in [1.165, 1.54) is 0 Å². The number of carbonyl (C=O) groups excluding carboxylic acids is 1. The van der Waals surface area contributed by atoms with Gasteiger partial charge in [0.05, 0.1) is 24.0 Å². The number of carbonyl (C=O) groups is 1. The fourth-order valence-corrected chi connectivity index (χ4v) is 3.54. The number of ether oxygens (including phenoxy) is 1. The molecule has 1 amide bonds. The molecule has 0 bridgehead atoms. The zero-order valence-electron chi connectivity index (χ0n) is 14.5. The molecule has 2 aromatic rings. The maximum Gasteiger partial charge on any atom is 0.277 e. The lowest BCUT2D eigenvalue weighted by molar-refractivity contribution is -0.119. The molecule has 0 saturated heterocycles. The zero-order valence-corrected chi connectivity index (χ0v) is 15.3. The third kappa shape index (κ3) is 4.17. The van der Waals surface area contributed by atoms with Gasteiger partial charge in [-0.15, -0.1) is 10.2 Å². The largest absolute Gasteiger partial charge is 0.493 e. The van der Waals surface area contributed by atoms with Crippen molar-refractivity contribution in [3.63, 3.8) is 0 Å². The molecule has 1 aromatic carbocycles. The van der Waals surface area contributed by atoms with Crippen LogP contribution in [0.25, 0.3) is 11.5 Å². The van der Waals surface area contributed by atoms with Gasteiger partial charge >= 0.3 is 0 Å². The Balaban J connectivity index is 1.61. The number of para-hydroxylation sites is 1. The molecule has 0 atom stereocenters. The average molecular weight is 372 g/mol. The highest BCUT2D eigenvalue weighted by atomic mass is 32.2. The van der Waals surface area contributed by atoms with E-state index in [-0.39, 0.29) is 11.7 Å². The minimum Gasteiger partial charge on any atom is -0.493 e. The highest BCUT2D eigenvalue weighted by Crippen LogP contribution is 2.31. The van der Waals surface area contributed by atoms with Gasteiger partial charge in [0.25, 0.3) is 11.1 Å². The summed E-state index contributed by atoms with van der Waals surface area (Å²) in [6.45, 7) is 2.44. The first-order chi connectivity index (χ1) is 12.7. The van der Waals surface area contributed by atoms with E-state index in [2.05, 4.69) is 21.6 Å². The quantitative estimate of drug-likeness (QED) is 0.745. The van der Waals surface area contributed by atoms with Crippen molar-refractivity contribution in [2.75, 3.05) is 12.4 Å². The van der Waals surface area contributed by atoms with Gasteiger partial charge in [0, 0.05) is 0 Å². The third-order valence-corrected chi connectivity index (χ3v) is 5.02. The Morgan fingerprint density at radius 2 is 2.15 bits per heavy atom. The first-order valence-corrected chi connectivity index (χ1v) is 9.55. The molecule has 1 fully saturated rings. The van der Waals surface area contributed by atoms with E-state index in [0.29, 0.717) is 41.9 Å². The summed E-state index contributed by atoms with van der Waals surface area (Å²) in [5.41, 5.74) is 0.00111. The number of benzene rings is 1. The van der Waals surface area contributed by atoms with Gasteiger partial charge in [-0.2, -0.15) is 5.26 Å². The van der Waals surface area contributed by atoms with Crippen molar-refractivity contribution in [1.29, 1.82) is 5.26 Å². The van der Waals surface area contributed by atoms with Crippen molar-refractivity contribution < 1.29 is 13.9 Å². The van der Waals surface area contributed by atoms with Crippen LogP contribution in [0.1, 0.15) is 32.6 Å². The van der Waals surface area contributed by atoms with Crippen LogP contribution in [-0.2, 0) is 4.79 Å². The molecule has 1 N–H and O–H groups in total. The van der Waals surface area contributed by atoms with E-state index in [0.717, 1.165) is 24.6 Å². The van der Waals surface area contributed by atoms with Crippen molar-refractivity contribution in [2.24, 2.45) is 0 Å². The number of aromatic nitrogens is 2. The lowest BCUT2D eigenvalue weighted by Crippen LogP contribution is -2.45. The number of nitriles is 1. The SMILES string of the molecule is CCOc1ccccc1-c1nnc(SCC(=O)NC2(C#N)CCCC2)o1. The summed E-state index contributed by atoms with van der Waals surface area (Å²) in [4.78, 5) is 12.2. The first-order valence-electron chi connectivity index (χ1n) is 8.56. The summed E-state index contributed by atoms with van der Waals surface area (Å²) in [6, 6.07) is 9.67. The lowest BCUT2D eigenvalue weighted by Gasteiger charge is -2.21. The minimum absolute atomic E-state index is 0.123. The van der Waals surface area contributed by atoms with Gasteiger partial charge in [-0.1, -0.05) is 23.9 Å². The normalized spacial score (nSPS) is 15.4. The molecule has 0 aliphatic heterocycles. The van der Waals surface area contributed by atoms with Gasteiger partial charge < -0.3 is 14.5 Å². The Bertz CT molecular complexity index is 809. The monoisotopic (exact) mass is 372 g/mol. The number of nitrogens with one attached hydrogen (secondary N) is 1. The fourth-order valence-electron chi connectivity index (χ4n) is 2.98. The van der Waals surface area contributed by atoms with Crippen LogP contribution in [-0.4, -0.2) is 34.0 Å². The van der Waals surface area contributed by atoms with E-state index in [9.17, 15) is 10.1 Å².